The summed E-state index contributed by atoms with van der Waals surface area (Å²) in [5.41, 5.74) is 2.38. The normalized spacial score (nSPS) is 19.8. The quantitative estimate of drug-likeness (QED) is 0.657. The van der Waals surface area contributed by atoms with Crippen LogP contribution in [0.2, 0.25) is 0 Å². The number of fused-ring (bicyclic) bond motifs is 1. The molecule has 2 aliphatic heterocycles. The topological polar surface area (TPSA) is 60.0 Å². The molecule has 1 atom stereocenters. The minimum Gasteiger partial charge on any atom is -0.345 e. The highest BCUT2D eigenvalue weighted by Crippen LogP contribution is 2.30. The molecule has 2 aliphatic rings. The smallest absolute Gasteiger partial charge is 0.228 e. The van der Waals surface area contributed by atoms with E-state index in [1.54, 1.807) is 11.3 Å². The molecular formula is C23H33N5O2S. The van der Waals surface area contributed by atoms with Gasteiger partial charge in [-0.15, -0.1) is 0 Å². The maximum atomic E-state index is 13.0. The minimum atomic E-state index is -0.187. The fraction of sp³-hybridized carbons (Fsp3) is 0.609. The van der Waals surface area contributed by atoms with E-state index >= 15 is 0 Å². The molecule has 8 heteroatoms. The van der Waals surface area contributed by atoms with Crippen LogP contribution < -0.4 is 4.90 Å². The van der Waals surface area contributed by atoms with Crippen molar-refractivity contribution >= 4 is 38.5 Å². The third-order valence-corrected chi connectivity index (χ3v) is 7.39. The Morgan fingerprint density at radius 2 is 2.00 bits per heavy atom. The number of hydrogen-bond acceptors (Lipinski definition) is 6. The van der Waals surface area contributed by atoms with Gasteiger partial charge in [0.2, 0.25) is 11.8 Å². The zero-order valence-electron chi connectivity index (χ0n) is 18.8. The lowest BCUT2D eigenvalue weighted by atomic mass is 10.1. The minimum absolute atomic E-state index is 0.122. The summed E-state index contributed by atoms with van der Waals surface area (Å²) in [6.07, 6.45) is 2.33. The number of thiazole rings is 1. The summed E-state index contributed by atoms with van der Waals surface area (Å²) in [4.78, 5) is 38.4. The Hall–Kier alpha value is -2.19. The summed E-state index contributed by atoms with van der Waals surface area (Å²) in [5, 5.41) is 1.04. The van der Waals surface area contributed by atoms with Gasteiger partial charge in [0.25, 0.3) is 0 Å². The van der Waals surface area contributed by atoms with Gasteiger partial charge in [0, 0.05) is 45.7 Å². The molecule has 4 rings (SSSR count). The molecule has 2 aromatic rings. The maximum absolute atomic E-state index is 13.0. The fourth-order valence-electron chi connectivity index (χ4n) is 4.42. The number of anilines is 1. The third kappa shape index (κ3) is 5.01. The van der Waals surface area contributed by atoms with Crippen LogP contribution in [0.25, 0.3) is 10.2 Å². The van der Waals surface area contributed by atoms with Crippen LogP contribution in [-0.4, -0.2) is 91.4 Å². The van der Waals surface area contributed by atoms with Gasteiger partial charge in [0.15, 0.2) is 5.13 Å². The van der Waals surface area contributed by atoms with Crippen LogP contribution in [0.15, 0.2) is 18.2 Å². The summed E-state index contributed by atoms with van der Waals surface area (Å²) in [6.45, 7) is 7.41. The number of hydrogen-bond donors (Lipinski definition) is 0. The number of aromatic nitrogens is 1. The molecule has 0 N–H and O–H groups in total. The molecule has 0 saturated carbocycles. The lowest BCUT2D eigenvalue weighted by Crippen LogP contribution is -2.50. The highest BCUT2D eigenvalue weighted by atomic mass is 32.1. The monoisotopic (exact) mass is 443 g/mol. The van der Waals surface area contributed by atoms with E-state index in [1.165, 1.54) is 10.3 Å². The highest BCUT2D eigenvalue weighted by Gasteiger charge is 2.37. The van der Waals surface area contributed by atoms with Crippen LogP contribution in [0.1, 0.15) is 25.3 Å². The average molecular weight is 444 g/mol. The summed E-state index contributed by atoms with van der Waals surface area (Å²) >= 11 is 1.73. The zero-order chi connectivity index (χ0) is 22.0. The van der Waals surface area contributed by atoms with Gasteiger partial charge in [0.1, 0.15) is 0 Å². The van der Waals surface area contributed by atoms with Crippen molar-refractivity contribution in [3.8, 4) is 0 Å². The summed E-state index contributed by atoms with van der Waals surface area (Å²) in [6, 6.07) is 6.49. The first-order valence-electron chi connectivity index (χ1n) is 11.3. The summed E-state index contributed by atoms with van der Waals surface area (Å²) in [5.74, 6) is 0.0741. The third-order valence-electron chi connectivity index (χ3n) is 6.31. The van der Waals surface area contributed by atoms with E-state index in [9.17, 15) is 9.59 Å². The Morgan fingerprint density at radius 3 is 2.71 bits per heavy atom. The number of aryl methyl sites for hydroxylation is 1. The molecule has 168 valence electrons. The molecule has 1 unspecified atom stereocenters. The van der Waals surface area contributed by atoms with E-state index in [-0.39, 0.29) is 17.7 Å². The first kappa shape index (κ1) is 22.0. The number of nitrogens with zero attached hydrogens (tertiary/aromatic N) is 5. The molecular weight excluding hydrogens is 410 g/mol. The van der Waals surface area contributed by atoms with E-state index in [4.69, 9.17) is 4.98 Å². The van der Waals surface area contributed by atoms with Crippen LogP contribution in [0.5, 0.6) is 0 Å². The van der Waals surface area contributed by atoms with Gasteiger partial charge in [-0.2, -0.15) is 0 Å². The molecule has 0 radical (unpaired) electrons. The lowest BCUT2D eigenvalue weighted by Gasteiger charge is -2.35. The Balaban J connectivity index is 1.30. The maximum Gasteiger partial charge on any atom is 0.228 e. The van der Waals surface area contributed by atoms with Crippen molar-refractivity contribution in [2.45, 2.75) is 26.2 Å². The summed E-state index contributed by atoms with van der Waals surface area (Å²) in [7, 11) is 4.07. The van der Waals surface area contributed by atoms with Crippen molar-refractivity contribution in [3.05, 3.63) is 23.8 Å². The van der Waals surface area contributed by atoms with Crippen LogP contribution >= 0.6 is 11.3 Å². The molecule has 0 spiro atoms. The molecule has 7 nitrogen and oxygen atoms in total. The van der Waals surface area contributed by atoms with Crippen molar-refractivity contribution in [2.75, 3.05) is 64.8 Å². The van der Waals surface area contributed by atoms with Crippen molar-refractivity contribution in [1.82, 2.24) is 19.7 Å². The number of piperazine rings is 1. The SMILES string of the molecule is CCc1ccc2nc(N3CCN(C(=O)C4CC(=O)N(CCCN(C)C)C4)CC3)sc2c1. The first-order valence-corrected chi connectivity index (χ1v) is 12.1. The van der Waals surface area contributed by atoms with Crippen molar-refractivity contribution in [1.29, 1.82) is 0 Å². The van der Waals surface area contributed by atoms with Gasteiger partial charge < -0.3 is 19.6 Å². The van der Waals surface area contributed by atoms with Crippen molar-refractivity contribution < 1.29 is 9.59 Å². The number of amides is 2. The number of likely N-dealkylation sites (tertiary alicyclic amines) is 1. The van der Waals surface area contributed by atoms with Gasteiger partial charge in [0.05, 0.1) is 16.1 Å². The van der Waals surface area contributed by atoms with Gasteiger partial charge in [-0.3, -0.25) is 9.59 Å². The van der Waals surface area contributed by atoms with Crippen LogP contribution in [-0.2, 0) is 16.0 Å². The fourth-order valence-corrected chi connectivity index (χ4v) is 5.50. The van der Waals surface area contributed by atoms with Gasteiger partial charge in [-0.05, 0) is 51.2 Å². The van der Waals surface area contributed by atoms with E-state index in [2.05, 4.69) is 34.9 Å². The zero-order valence-corrected chi connectivity index (χ0v) is 19.7. The largest absolute Gasteiger partial charge is 0.345 e. The molecule has 1 aromatic carbocycles. The standard InChI is InChI=1S/C23H33N5O2S/c1-4-17-6-7-19-20(14-17)31-23(24-19)27-12-10-26(11-13-27)22(30)18-15-21(29)28(16-18)9-5-8-25(2)3/h6-7,14,18H,4-5,8-13,15-16H2,1-3H3. The molecule has 1 aromatic heterocycles. The Kier molecular flexibility index (Phi) is 6.77. The Morgan fingerprint density at radius 1 is 1.23 bits per heavy atom. The Bertz CT molecular complexity index is 935. The number of rotatable bonds is 7. The molecule has 2 amide bonds. The van der Waals surface area contributed by atoms with Crippen LogP contribution in [0, 0.1) is 5.92 Å². The highest BCUT2D eigenvalue weighted by molar-refractivity contribution is 7.22. The summed E-state index contributed by atoms with van der Waals surface area (Å²) < 4.78 is 1.23. The molecule has 2 fully saturated rings. The number of benzene rings is 1. The second kappa shape index (κ2) is 9.53. The average Bonchev–Trinajstić information content (AvgIpc) is 3.36. The van der Waals surface area contributed by atoms with Crippen LogP contribution in [0.3, 0.4) is 0 Å². The first-order chi connectivity index (χ1) is 14.9. The number of carbonyl (C=O) groups excluding carboxylic acids is 2. The second-order valence-corrected chi connectivity index (χ2v) is 9.87. The van der Waals surface area contributed by atoms with E-state index in [0.29, 0.717) is 26.1 Å². The molecule has 31 heavy (non-hydrogen) atoms. The molecule has 0 aliphatic carbocycles. The lowest BCUT2D eigenvalue weighted by molar-refractivity contribution is -0.136. The van der Waals surface area contributed by atoms with E-state index in [0.717, 1.165) is 49.7 Å². The Labute approximate surface area is 188 Å². The van der Waals surface area contributed by atoms with Crippen molar-refractivity contribution in [2.24, 2.45) is 5.92 Å². The van der Waals surface area contributed by atoms with Crippen LogP contribution in [0.4, 0.5) is 5.13 Å². The molecule has 2 saturated heterocycles. The van der Waals surface area contributed by atoms with Gasteiger partial charge >= 0.3 is 0 Å². The predicted molar refractivity (Wildman–Crippen MR) is 126 cm³/mol. The predicted octanol–water partition coefficient (Wildman–Crippen LogP) is 2.31. The number of carbonyl (C=O) groups is 2. The molecule has 0 bridgehead atoms. The van der Waals surface area contributed by atoms with Crippen molar-refractivity contribution in [3.63, 3.8) is 0 Å². The molecule has 3 heterocycles. The second-order valence-electron chi connectivity index (χ2n) is 8.86. The van der Waals surface area contributed by atoms with Gasteiger partial charge in [-0.25, -0.2) is 4.98 Å². The van der Waals surface area contributed by atoms with E-state index < -0.39 is 0 Å². The van der Waals surface area contributed by atoms with Gasteiger partial charge in [-0.1, -0.05) is 24.3 Å². The van der Waals surface area contributed by atoms with E-state index in [1.807, 2.05) is 23.9 Å².